The Balaban J connectivity index is 0.000000166. The molecule has 2 fully saturated rings. The summed E-state index contributed by atoms with van der Waals surface area (Å²) in [4.78, 5) is 33.2. The summed E-state index contributed by atoms with van der Waals surface area (Å²) in [5.74, 6) is -0.0685. The van der Waals surface area contributed by atoms with E-state index in [1.807, 2.05) is 36.4 Å². The van der Waals surface area contributed by atoms with Gasteiger partial charge in [0.15, 0.2) is 0 Å². The summed E-state index contributed by atoms with van der Waals surface area (Å²) in [6.07, 6.45) is 5.62. The molecule has 0 aromatic carbocycles. The maximum atomic E-state index is 12.8. The molecule has 6 aromatic rings. The van der Waals surface area contributed by atoms with Gasteiger partial charge in [-0.3, -0.25) is 14.7 Å². The van der Waals surface area contributed by atoms with E-state index in [1.165, 1.54) is 64.7 Å². The van der Waals surface area contributed by atoms with Crippen LogP contribution >= 0.6 is 80.1 Å². The van der Waals surface area contributed by atoms with Crippen molar-refractivity contribution in [2.75, 3.05) is 38.7 Å². The largest absolute Gasteiger partial charge is 0.297 e. The van der Waals surface area contributed by atoms with Crippen molar-refractivity contribution in [1.82, 2.24) is 38.6 Å². The molecule has 0 unspecified atom stereocenters. The minimum atomic E-state index is -3.19. The maximum absolute atomic E-state index is 12.8. The first kappa shape index (κ1) is 43.7. The number of thiazole rings is 2. The lowest BCUT2D eigenvalue weighted by Gasteiger charge is -2.36. The van der Waals surface area contributed by atoms with Gasteiger partial charge in [-0.05, 0) is 73.7 Å². The van der Waals surface area contributed by atoms with E-state index in [-0.39, 0.29) is 17.7 Å². The number of sulfonamides is 2. The second-order valence-corrected chi connectivity index (χ2v) is 22.4. The molecule has 0 spiro atoms. The summed E-state index contributed by atoms with van der Waals surface area (Å²) >= 11 is 22.8. The molecule has 14 nitrogen and oxygen atoms in total. The highest BCUT2D eigenvalue weighted by atomic mass is 35.5. The number of aromatic amines is 1. The van der Waals surface area contributed by atoms with Gasteiger partial charge in [-0.15, -0.1) is 45.3 Å². The van der Waals surface area contributed by atoms with E-state index in [4.69, 9.17) is 34.8 Å². The average Bonchev–Trinajstić information content (AvgIpc) is 3.94. The quantitative estimate of drug-likeness (QED) is 0.130. The molecule has 1 N–H and O–H groups in total. The molecular formula is C34H35Cl3N8O6S6. The highest BCUT2D eigenvalue weighted by Gasteiger charge is 2.37. The third-order valence-corrected chi connectivity index (χ3v) is 15.3. The number of carbonyl (C=O) groups excluding carboxylic acids is 2. The van der Waals surface area contributed by atoms with Gasteiger partial charge in [0, 0.05) is 69.9 Å². The van der Waals surface area contributed by atoms with Gasteiger partial charge in [0.2, 0.25) is 20.0 Å². The van der Waals surface area contributed by atoms with Gasteiger partial charge in [0.05, 0.1) is 43.6 Å². The predicted molar refractivity (Wildman–Crippen MR) is 227 cm³/mol. The highest BCUT2D eigenvalue weighted by Crippen LogP contribution is 2.31. The van der Waals surface area contributed by atoms with E-state index in [2.05, 4.69) is 25.3 Å². The molecule has 0 aliphatic carbocycles. The molecular weight excluding hydrogens is 915 g/mol. The van der Waals surface area contributed by atoms with Crippen molar-refractivity contribution in [2.24, 2.45) is 0 Å². The molecule has 0 bridgehead atoms. The van der Waals surface area contributed by atoms with Crippen LogP contribution in [0.1, 0.15) is 65.3 Å². The number of nitrogens with zero attached hydrogens (tertiary/aromatic N) is 7. The summed E-state index contributed by atoms with van der Waals surface area (Å²) in [5, 5.41) is 14.7. The second kappa shape index (κ2) is 19.0. The van der Waals surface area contributed by atoms with Crippen molar-refractivity contribution in [2.45, 2.75) is 37.5 Å². The number of hydrogen-bond acceptors (Lipinski definition) is 14. The third kappa shape index (κ3) is 11.9. The van der Waals surface area contributed by atoms with E-state index in [1.54, 1.807) is 33.1 Å². The van der Waals surface area contributed by atoms with Gasteiger partial charge in [0.1, 0.15) is 11.4 Å². The summed E-state index contributed by atoms with van der Waals surface area (Å²) in [5.41, 5.74) is 7.42. The Labute approximate surface area is 360 Å². The first-order valence-electron chi connectivity index (χ1n) is 17.1. The number of aryl methyl sites for hydroxylation is 4. The lowest BCUT2D eigenvalue weighted by atomic mass is 9.99. The molecule has 0 atom stereocenters. The van der Waals surface area contributed by atoms with Crippen molar-refractivity contribution in [3.63, 3.8) is 0 Å². The number of thiophene rings is 2. The van der Waals surface area contributed by atoms with Crippen molar-refractivity contribution in [3.05, 3.63) is 111 Å². The van der Waals surface area contributed by atoms with E-state index < -0.39 is 25.3 Å². The maximum Gasteiger partial charge on any atom is 0.297 e. The number of H-pyrrole nitrogens is 1. The normalized spacial score (nSPS) is 15.2. The molecule has 6 aromatic heterocycles. The SMILES string of the molecule is CS(=O)(=O)N1CC(c2cc(CCc3ccc(Cl)s3)[nH]n2)C1.CS(=O)(=O)N1CC(c2cc(CCc3ccc(Cl)s3)n(C(=O)c3cscn3)n2)C1.O=C(Cl)c1cscn1. The number of aromatic nitrogens is 6. The van der Waals surface area contributed by atoms with Gasteiger partial charge in [-0.1, -0.05) is 23.2 Å². The van der Waals surface area contributed by atoms with Crippen LogP contribution in [0.15, 0.2) is 58.2 Å². The van der Waals surface area contributed by atoms with Crippen LogP contribution < -0.4 is 0 Å². The number of nitrogens with one attached hydrogen (secondary N) is 1. The van der Waals surface area contributed by atoms with Crippen LogP contribution in [-0.2, 0) is 45.7 Å². The zero-order valence-corrected chi connectivity index (χ0v) is 37.4. The van der Waals surface area contributed by atoms with E-state index in [0.29, 0.717) is 44.0 Å². The first-order chi connectivity index (χ1) is 27.0. The monoisotopic (exact) mass is 948 g/mol. The Bertz CT molecular complexity index is 2500. The highest BCUT2D eigenvalue weighted by molar-refractivity contribution is 7.88. The number of carbonyl (C=O) groups is 2. The first-order valence-corrected chi connectivity index (χ1v) is 25.4. The van der Waals surface area contributed by atoms with Gasteiger partial charge < -0.3 is 0 Å². The van der Waals surface area contributed by atoms with Crippen molar-refractivity contribution in [1.29, 1.82) is 0 Å². The van der Waals surface area contributed by atoms with Gasteiger partial charge in [-0.25, -0.2) is 35.4 Å². The number of halogens is 3. The summed E-state index contributed by atoms with van der Waals surface area (Å²) in [6.45, 7) is 1.84. The van der Waals surface area contributed by atoms with E-state index >= 15 is 0 Å². The van der Waals surface area contributed by atoms with Crippen LogP contribution in [-0.4, -0.2) is 105 Å². The lowest BCUT2D eigenvalue weighted by molar-refractivity contribution is 0.0935. The van der Waals surface area contributed by atoms with Crippen LogP contribution in [0.2, 0.25) is 8.67 Å². The Morgan fingerprint density at radius 3 is 1.74 bits per heavy atom. The average molecular weight is 950 g/mol. The molecule has 57 heavy (non-hydrogen) atoms. The van der Waals surface area contributed by atoms with Crippen LogP contribution in [0.5, 0.6) is 0 Å². The fourth-order valence-corrected chi connectivity index (χ4v) is 10.9. The zero-order chi connectivity index (χ0) is 40.9. The van der Waals surface area contributed by atoms with Crippen molar-refractivity contribution >= 4 is 111 Å². The van der Waals surface area contributed by atoms with E-state index in [0.717, 1.165) is 55.6 Å². The minimum Gasteiger partial charge on any atom is -0.282 e. The van der Waals surface area contributed by atoms with Gasteiger partial charge in [-0.2, -0.15) is 14.9 Å². The van der Waals surface area contributed by atoms with Crippen molar-refractivity contribution in [3.8, 4) is 0 Å². The van der Waals surface area contributed by atoms with Crippen LogP contribution in [0.4, 0.5) is 0 Å². The Morgan fingerprint density at radius 2 is 1.28 bits per heavy atom. The Kier molecular flexibility index (Phi) is 14.6. The van der Waals surface area contributed by atoms with Gasteiger partial charge in [0.25, 0.3) is 11.1 Å². The fourth-order valence-electron chi connectivity index (χ4n) is 5.72. The topological polar surface area (TPSA) is 181 Å². The second-order valence-electron chi connectivity index (χ2n) is 13.1. The molecule has 0 saturated carbocycles. The number of rotatable bonds is 12. The smallest absolute Gasteiger partial charge is 0.282 e. The predicted octanol–water partition coefficient (Wildman–Crippen LogP) is 6.68. The summed E-state index contributed by atoms with van der Waals surface area (Å²) in [7, 11) is -6.25. The van der Waals surface area contributed by atoms with Crippen LogP contribution in [0, 0.1) is 0 Å². The molecule has 0 amide bonds. The standard InChI is InChI=1S/C17H17ClN4O3S3.C13H16ClN3O2S2.C4H2ClNOS/c1-28(24,25)21-7-11(8-21)14-6-12(2-3-13-4-5-16(18)27-13)22(20-14)17(23)15-9-26-10-19-15;1-21(18,19)17-7-9(8-17)12-6-10(15-16-12)2-3-11-4-5-13(14)20-11;5-4(7)3-1-8-2-6-3/h4-6,9-11H,2-3,7-8H2,1H3;4-6,9H,2-3,7-8H2,1H3,(H,15,16);1-2H. The molecule has 2 aliphatic rings. The Hall–Kier alpha value is -2.89. The van der Waals surface area contributed by atoms with Crippen LogP contribution in [0.3, 0.4) is 0 Å². The summed E-state index contributed by atoms with van der Waals surface area (Å²) < 4.78 is 51.8. The van der Waals surface area contributed by atoms with E-state index in [9.17, 15) is 26.4 Å². The molecule has 304 valence electrons. The van der Waals surface area contributed by atoms with Crippen LogP contribution in [0.25, 0.3) is 0 Å². The fraction of sp³-hybridized carbons (Fsp3) is 0.353. The lowest BCUT2D eigenvalue weighted by Crippen LogP contribution is -2.48. The molecule has 8 rings (SSSR count). The molecule has 0 radical (unpaired) electrons. The number of hydrogen-bond donors (Lipinski definition) is 1. The molecule has 8 heterocycles. The summed E-state index contributed by atoms with van der Waals surface area (Å²) in [6, 6.07) is 11.7. The van der Waals surface area contributed by atoms with Gasteiger partial charge >= 0.3 is 0 Å². The Morgan fingerprint density at radius 1 is 0.754 bits per heavy atom. The minimum absolute atomic E-state index is 0.00542. The molecule has 2 saturated heterocycles. The van der Waals surface area contributed by atoms with Crippen molar-refractivity contribution < 1.29 is 26.4 Å². The zero-order valence-electron chi connectivity index (χ0n) is 30.2. The third-order valence-electron chi connectivity index (χ3n) is 8.93. The molecule has 2 aliphatic heterocycles. The molecule has 23 heteroatoms.